The molecule has 2 aromatic carbocycles. The van der Waals surface area contributed by atoms with Crippen LogP contribution in [-0.2, 0) is 6.54 Å². The lowest BCUT2D eigenvalue weighted by molar-refractivity contribution is 0.373. The molecule has 19 heavy (non-hydrogen) atoms. The van der Waals surface area contributed by atoms with Gasteiger partial charge >= 0.3 is 0 Å². The van der Waals surface area contributed by atoms with E-state index in [1.807, 2.05) is 0 Å². The van der Waals surface area contributed by atoms with Gasteiger partial charge in [-0.25, -0.2) is 4.39 Å². The molecule has 0 aromatic heterocycles. The van der Waals surface area contributed by atoms with Crippen molar-refractivity contribution in [1.82, 2.24) is 0 Å². The number of rotatable bonds is 4. The van der Waals surface area contributed by atoms with E-state index in [4.69, 9.17) is 16.3 Å². The maximum atomic E-state index is 13.1. The Morgan fingerprint density at radius 3 is 2.79 bits per heavy atom. The van der Waals surface area contributed by atoms with Crippen LogP contribution in [0.3, 0.4) is 0 Å². The van der Waals surface area contributed by atoms with E-state index in [-0.39, 0.29) is 11.6 Å². The lowest BCUT2D eigenvalue weighted by atomic mass is 10.2. The predicted octanol–water partition coefficient (Wildman–Crippen LogP) is 3.81. The normalized spacial score (nSPS) is 10.3. The number of ether oxygens (including phenoxy) is 1. The number of methoxy groups -OCH3 is 1. The predicted molar refractivity (Wildman–Crippen MR) is 73.4 cm³/mol. The zero-order valence-electron chi connectivity index (χ0n) is 10.3. The first-order valence-electron chi connectivity index (χ1n) is 5.65. The zero-order chi connectivity index (χ0) is 13.8. The molecule has 2 aromatic rings. The highest BCUT2D eigenvalue weighted by Crippen LogP contribution is 2.27. The second-order valence-electron chi connectivity index (χ2n) is 3.98. The van der Waals surface area contributed by atoms with Crippen LogP contribution in [0.15, 0.2) is 36.4 Å². The fourth-order valence-electron chi connectivity index (χ4n) is 1.66. The van der Waals surface area contributed by atoms with Gasteiger partial charge in [-0.2, -0.15) is 0 Å². The summed E-state index contributed by atoms with van der Waals surface area (Å²) >= 11 is 5.95. The third-order valence-electron chi connectivity index (χ3n) is 2.66. The molecule has 3 nitrogen and oxygen atoms in total. The SMILES string of the molecule is COc1cc(CNc2cc(F)ccc2Cl)ccc1O. The third-order valence-corrected chi connectivity index (χ3v) is 2.99. The molecular weight excluding hydrogens is 269 g/mol. The summed E-state index contributed by atoms with van der Waals surface area (Å²) in [4.78, 5) is 0. The number of nitrogens with one attached hydrogen (secondary N) is 1. The minimum absolute atomic E-state index is 0.0787. The average Bonchev–Trinajstić information content (AvgIpc) is 2.41. The van der Waals surface area contributed by atoms with Crippen LogP contribution in [0.25, 0.3) is 0 Å². The topological polar surface area (TPSA) is 41.5 Å². The monoisotopic (exact) mass is 281 g/mol. The molecule has 5 heteroatoms. The molecule has 0 spiro atoms. The Balaban J connectivity index is 2.12. The van der Waals surface area contributed by atoms with Gasteiger partial charge in [0.05, 0.1) is 17.8 Å². The Labute approximate surface area is 115 Å². The van der Waals surface area contributed by atoms with Crippen molar-refractivity contribution in [1.29, 1.82) is 0 Å². The molecule has 100 valence electrons. The van der Waals surface area contributed by atoms with Gasteiger partial charge in [-0.15, -0.1) is 0 Å². The van der Waals surface area contributed by atoms with Crippen molar-refractivity contribution in [3.05, 3.63) is 52.8 Å². The van der Waals surface area contributed by atoms with Crippen molar-refractivity contribution in [2.24, 2.45) is 0 Å². The first kappa shape index (κ1) is 13.5. The molecule has 0 aliphatic heterocycles. The molecule has 0 saturated carbocycles. The first-order chi connectivity index (χ1) is 9.10. The Morgan fingerprint density at radius 2 is 2.05 bits per heavy atom. The Hall–Kier alpha value is -1.94. The second kappa shape index (κ2) is 5.80. The maximum Gasteiger partial charge on any atom is 0.160 e. The van der Waals surface area contributed by atoms with E-state index >= 15 is 0 Å². The molecule has 0 aliphatic carbocycles. The van der Waals surface area contributed by atoms with E-state index in [0.29, 0.717) is 23.0 Å². The summed E-state index contributed by atoms with van der Waals surface area (Å²) in [5, 5.41) is 13.0. The highest BCUT2D eigenvalue weighted by Gasteiger charge is 2.05. The van der Waals surface area contributed by atoms with Crippen LogP contribution in [0.1, 0.15) is 5.56 Å². The van der Waals surface area contributed by atoms with Gasteiger partial charge < -0.3 is 15.2 Å². The van der Waals surface area contributed by atoms with Gasteiger partial charge in [0.15, 0.2) is 11.5 Å². The van der Waals surface area contributed by atoms with Crippen LogP contribution in [-0.4, -0.2) is 12.2 Å². The van der Waals surface area contributed by atoms with Gasteiger partial charge in [-0.1, -0.05) is 17.7 Å². The smallest absolute Gasteiger partial charge is 0.160 e. The summed E-state index contributed by atoms with van der Waals surface area (Å²) in [5.74, 6) is 0.120. The standard InChI is InChI=1S/C14H13ClFNO2/c1-19-14-6-9(2-5-13(14)18)8-17-12-7-10(16)3-4-11(12)15/h2-7,17-18H,8H2,1H3. The Bertz CT molecular complexity index is 590. The molecule has 0 bridgehead atoms. The van der Waals surface area contributed by atoms with Crippen molar-refractivity contribution in [3.8, 4) is 11.5 Å². The van der Waals surface area contributed by atoms with Crippen molar-refractivity contribution < 1.29 is 14.2 Å². The Kier molecular flexibility index (Phi) is 4.12. The van der Waals surface area contributed by atoms with Crippen LogP contribution in [0.4, 0.5) is 10.1 Å². The van der Waals surface area contributed by atoms with Gasteiger partial charge in [0.25, 0.3) is 0 Å². The summed E-state index contributed by atoms with van der Waals surface area (Å²) in [6.45, 7) is 0.444. The molecular formula is C14H13ClFNO2. The van der Waals surface area contributed by atoms with Crippen molar-refractivity contribution in [2.75, 3.05) is 12.4 Å². The summed E-state index contributed by atoms with van der Waals surface area (Å²) < 4.78 is 18.1. The molecule has 2 N–H and O–H groups in total. The summed E-state index contributed by atoms with van der Waals surface area (Å²) in [6, 6.07) is 9.13. The molecule has 0 radical (unpaired) electrons. The zero-order valence-corrected chi connectivity index (χ0v) is 11.0. The third kappa shape index (κ3) is 3.29. The van der Waals surface area contributed by atoms with Gasteiger partial charge in [-0.05, 0) is 35.9 Å². The van der Waals surface area contributed by atoms with E-state index in [1.54, 1.807) is 18.2 Å². The average molecular weight is 282 g/mol. The Morgan fingerprint density at radius 1 is 1.26 bits per heavy atom. The molecule has 0 amide bonds. The molecule has 2 rings (SSSR count). The fraction of sp³-hybridized carbons (Fsp3) is 0.143. The van der Waals surface area contributed by atoms with E-state index in [9.17, 15) is 9.50 Å². The maximum absolute atomic E-state index is 13.1. The van der Waals surface area contributed by atoms with Gasteiger partial charge in [0, 0.05) is 6.54 Å². The minimum atomic E-state index is -0.352. The molecule has 0 saturated heterocycles. The summed E-state index contributed by atoms with van der Waals surface area (Å²) in [7, 11) is 1.48. The first-order valence-corrected chi connectivity index (χ1v) is 6.03. The molecule has 0 fully saturated rings. The molecule has 0 aliphatic rings. The van der Waals surface area contributed by atoms with Crippen molar-refractivity contribution in [2.45, 2.75) is 6.54 Å². The van der Waals surface area contributed by atoms with Gasteiger partial charge in [0.2, 0.25) is 0 Å². The fourth-order valence-corrected chi connectivity index (χ4v) is 1.85. The van der Waals surface area contributed by atoms with Gasteiger partial charge in [-0.3, -0.25) is 0 Å². The van der Waals surface area contributed by atoms with Crippen LogP contribution in [0, 0.1) is 5.82 Å². The van der Waals surface area contributed by atoms with E-state index < -0.39 is 0 Å². The lowest BCUT2D eigenvalue weighted by Crippen LogP contribution is -2.00. The summed E-state index contributed by atoms with van der Waals surface area (Å²) in [5.41, 5.74) is 1.41. The largest absolute Gasteiger partial charge is 0.504 e. The number of anilines is 1. The molecule has 0 unspecified atom stereocenters. The minimum Gasteiger partial charge on any atom is -0.504 e. The van der Waals surface area contributed by atoms with Crippen molar-refractivity contribution in [3.63, 3.8) is 0 Å². The number of benzene rings is 2. The van der Waals surface area contributed by atoms with E-state index in [0.717, 1.165) is 5.56 Å². The molecule has 0 atom stereocenters. The number of aromatic hydroxyl groups is 1. The number of phenols is 1. The summed E-state index contributed by atoms with van der Waals surface area (Å²) in [6.07, 6.45) is 0. The number of hydrogen-bond donors (Lipinski definition) is 2. The van der Waals surface area contributed by atoms with Crippen LogP contribution in [0.2, 0.25) is 5.02 Å². The van der Waals surface area contributed by atoms with Crippen LogP contribution >= 0.6 is 11.6 Å². The van der Waals surface area contributed by atoms with E-state index in [2.05, 4.69) is 5.32 Å². The lowest BCUT2D eigenvalue weighted by Gasteiger charge is -2.10. The highest BCUT2D eigenvalue weighted by molar-refractivity contribution is 6.33. The molecule has 0 heterocycles. The number of hydrogen-bond acceptors (Lipinski definition) is 3. The van der Waals surface area contributed by atoms with Crippen LogP contribution in [0.5, 0.6) is 11.5 Å². The van der Waals surface area contributed by atoms with Gasteiger partial charge in [0.1, 0.15) is 5.82 Å². The van der Waals surface area contributed by atoms with E-state index in [1.165, 1.54) is 25.3 Å². The van der Waals surface area contributed by atoms with Crippen LogP contribution < -0.4 is 10.1 Å². The number of halogens is 2. The van der Waals surface area contributed by atoms with Crippen molar-refractivity contribution >= 4 is 17.3 Å². The number of phenolic OH excluding ortho intramolecular Hbond substituents is 1. The quantitative estimate of drug-likeness (QED) is 0.895. The highest BCUT2D eigenvalue weighted by atomic mass is 35.5. The second-order valence-corrected chi connectivity index (χ2v) is 4.39.